The van der Waals surface area contributed by atoms with Crippen molar-refractivity contribution in [1.82, 2.24) is 15.1 Å². The molecule has 1 atom stereocenters. The van der Waals surface area contributed by atoms with Gasteiger partial charge in [0.15, 0.2) is 0 Å². The van der Waals surface area contributed by atoms with E-state index in [0.717, 1.165) is 25.1 Å². The Morgan fingerprint density at radius 3 is 2.62 bits per heavy atom. The summed E-state index contributed by atoms with van der Waals surface area (Å²) in [5.74, 6) is 1.32. The highest BCUT2D eigenvalue weighted by molar-refractivity contribution is 5.51. The van der Waals surface area contributed by atoms with Crippen LogP contribution >= 0.6 is 0 Å². The Kier molecular flexibility index (Phi) is 4.09. The summed E-state index contributed by atoms with van der Waals surface area (Å²) in [7, 11) is 0. The van der Waals surface area contributed by atoms with E-state index < -0.39 is 0 Å². The smallest absolute Gasteiger partial charge is 0.247 e. The highest BCUT2D eigenvalue weighted by Gasteiger charge is 2.25. The molecule has 5 heteroatoms. The minimum Gasteiger partial charge on any atom is -0.419 e. The maximum absolute atomic E-state index is 13.0. The van der Waals surface area contributed by atoms with Crippen LogP contribution in [0, 0.1) is 5.82 Å². The van der Waals surface area contributed by atoms with Gasteiger partial charge in [0.05, 0.1) is 6.54 Å². The molecular weight excluding hydrogens is 305 g/mol. The Hall–Kier alpha value is -2.53. The first-order valence-electron chi connectivity index (χ1n) is 8.13. The third kappa shape index (κ3) is 3.21. The Morgan fingerprint density at radius 2 is 1.83 bits per heavy atom. The summed E-state index contributed by atoms with van der Waals surface area (Å²) in [6, 6.07) is 16.7. The first kappa shape index (κ1) is 15.0. The van der Waals surface area contributed by atoms with Gasteiger partial charge in [-0.3, -0.25) is 4.90 Å². The molecule has 2 aromatic carbocycles. The summed E-state index contributed by atoms with van der Waals surface area (Å²) in [5.41, 5.74) is 2.12. The number of aromatic nitrogens is 2. The van der Waals surface area contributed by atoms with Gasteiger partial charge in [-0.1, -0.05) is 30.3 Å². The lowest BCUT2D eigenvalue weighted by molar-refractivity contribution is 0.289. The van der Waals surface area contributed by atoms with Crippen LogP contribution in [0.2, 0.25) is 0 Å². The van der Waals surface area contributed by atoms with Crippen LogP contribution in [0.1, 0.15) is 23.8 Å². The highest BCUT2D eigenvalue weighted by atomic mass is 19.1. The molecule has 1 aliphatic rings. The number of hydrogen-bond donors (Lipinski definition) is 0. The molecule has 1 aliphatic heterocycles. The van der Waals surface area contributed by atoms with Crippen molar-refractivity contribution in [3.05, 3.63) is 71.9 Å². The summed E-state index contributed by atoms with van der Waals surface area (Å²) in [5, 5.41) is 8.19. The van der Waals surface area contributed by atoms with Crippen LogP contribution in [-0.4, -0.2) is 28.2 Å². The van der Waals surface area contributed by atoms with E-state index in [1.807, 2.05) is 6.07 Å². The van der Waals surface area contributed by atoms with Crippen LogP contribution in [0.25, 0.3) is 11.5 Å². The van der Waals surface area contributed by atoms with Crippen LogP contribution in [0.5, 0.6) is 0 Å². The Bertz CT molecular complexity index is 801. The first-order valence-corrected chi connectivity index (χ1v) is 8.13. The highest BCUT2D eigenvalue weighted by Crippen LogP contribution is 2.28. The van der Waals surface area contributed by atoms with Crippen molar-refractivity contribution in [3.63, 3.8) is 0 Å². The topological polar surface area (TPSA) is 42.2 Å². The largest absolute Gasteiger partial charge is 0.419 e. The van der Waals surface area contributed by atoms with E-state index in [4.69, 9.17) is 4.42 Å². The first-order chi connectivity index (χ1) is 11.8. The third-order valence-electron chi connectivity index (χ3n) is 4.46. The summed E-state index contributed by atoms with van der Waals surface area (Å²) < 4.78 is 18.7. The van der Waals surface area contributed by atoms with Gasteiger partial charge in [0.1, 0.15) is 5.82 Å². The summed E-state index contributed by atoms with van der Waals surface area (Å²) >= 11 is 0. The van der Waals surface area contributed by atoms with Gasteiger partial charge in [-0.15, -0.1) is 10.2 Å². The number of halogens is 1. The summed E-state index contributed by atoms with van der Waals surface area (Å²) in [4.78, 5) is 2.33. The van der Waals surface area contributed by atoms with E-state index in [-0.39, 0.29) is 5.82 Å². The average molecular weight is 323 g/mol. The minimum absolute atomic E-state index is 0.275. The quantitative estimate of drug-likeness (QED) is 0.731. The molecule has 0 amide bonds. The zero-order valence-electron chi connectivity index (χ0n) is 13.2. The van der Waals surface area contributed by atoms with Gasteiger partial charge >= 0.3 is 0 Å². The molecule has 0 aliphatic carbocycles. The molecule has 1 unspecified atom stereocenters. The predicted molar refractivity (Wildman–Crippen MR) is 88.8 cm³/mol. The number of nitrogens with zero attached hydrogens (tertiary/aromatic N) is 3. The van der Waals surface area contributed by atoms with Crippen molar-refractivity contribution in [3.8, 4) is 11.5 Å². The molecule has 1 aromatic heterocycles. The van der Waals surface area contributed by atoms with Gasteiger partial charge in [0.2, 0.25) is 11.8 Å². The van der Waals surface area contributed by atoms with Gasteiger partial charge in [-0.2, -0.15) is 0 Å². The lowest BCUT2D eigenvalue weighted by atomic mass is 9.99. The van der Waals surface area contributed by atoms with Crippen molar-refractivity contribution < 1.29 is 8.81 Å². The summed E-state index contributed by atoms with van der Waals surface area (Å²) in [6.07, 6.45) is 1.14. The van der Waals surface area contributed by atoms with Gasteiger partial charge in [0, 0.05) is 12.1 Å². The minimum atomic E-state index is -0.275. The van der Waals surface area contributed by atoms with Crippen LogP contribution in [0.4, 0.5) is 4.39 Å². The van der Waals surface area contributed by atoms with Crippen LogP contribution in [-0.2, 0) is 6.54 Å². The van der Waals surface area contributed by atoms with E-state index in [2.05, 4.69) is 39.4 Å². The molecule has 1 saturated heterocycles. The second kappa shape index (κ2) is 6.53. The van der Waals surface area contributed by atoms with Crippen molar-refractivity contribution in [2.45, 2.75) is 18.9 Å². The van der Waals surface area contributed by atoms with Crippen LogP contribution in [0.15, 0.2) is 59.0 Å². The van der Waals surface area contributed by atoms with Gasteiger partial charge < -0.3 is 4.42 Å². The van der Waals surface area contributed by atoms with E-state index >= 15 is 0 Å². The Morgan fingerprint density at radius 1 is 1.04 bits per heavy atom. The molecule has 122 valence electrons. The standard InChI is InChI=1S/C19H18FN3O/c20-17-8-6-15(7-9-17)19-22-21-18(24-19)13-23-11-10-16(12-23)14-4-2-1-3-5-14/h1-9,16H,10-13H2. The number of likely N-dealkylation sites (tertiary alicyclic amines) is 1. The van der Waals surface area contributed by atoms with E-state index in [1.165, 1.54) is 17.7 Å². The van der Waals surface area contributed by atoms with Crippen molar-refractivity contribution >= 4 is 0 Å². The second-order valence-electron chi connectivity index (χ2n) is 6.14. The van der Waals surface area contributed by atoms with Crippen molar-refractivity contribution in [2.24, 2.45) is 0 Å². The van der Waals surface area contributed by atoms with Crippen LogP contribution in [0.3, 0.4) is 0 Å². The molecule has 0 radical (unpaired) electrons. The van der Waals surface area contributed by atoms with Crippen molar-refractivity contribution in [2.75, 3.05) is 13.1 Å². The maximum Gasteiger partial charge on any atom is 0.247 e. The maximum atomic E-state index is 13.0. The van der Waals surface area contributed by atoms with Gasteiger partial charge in [-0.25, -0.2) is 4.39 Å². The second-order valence-corrected chi connectivity index (χ2v) is 6.14. The average Bonchev–Trinajstić information content (AvgIpc) is 3.27. The fourth-order valence-electron chi connectivity index (χ4n) is 3.19. The fraction of sp³-hybridized carbons (Fsp3) is 0.263. The molecule has 2 heterocycles. The third-order valence-corrected chi connectivity index (χ3v) is 4.46. The summed E-state index contributed by atoms with van der Waals surface area (Å²) in [6.45, 7) is 2.67. The number of hydrogen-bond acceptors (Lipinski definition) is 4. The van der Waals surface area contributed by atoms with E-state index in [0.29, 0.717) is 24.2 Å². The van der Waals surface area contributed by atoms with E-state index in [9.17, 15) is 4.39 Å². The molecular formula is C19H18FN3O. The molecule has 0 saturated carbocycles. The molecule has 0 N–H and O–H groups in total. The molecule has 0 bridgehead atoms. The van der Waals surface area contributed by atoms with Crippen LogP contribution < -0.4 is 0 Å². The number of benzene rings is 2. The zero-order chi connectivity index (χ0) is 16.4. The predicted octanol–water partition coefficient (Wildman–Crippen LogP) is 3.87. The molecule has 1 fully saturated rings. The Labute approximate surface area is 139 Å². The molecule has 24 heavy (non-hydrogen) atoms. The normalized spacial score (nSPS) is 18.1. The Balaban J connectivity index is 1.41. The van der Waals surface area contributed by atoms with Crippen molar-refractivity contribution in [1.29, 1.82) is 0 Å². The lowest BCUT2D eigenvalue weighted by Crippen LogP contribution is -2.19. The lowest BCUT2D eigenvalue weighted by Gasteiger charge is -2.13. The molecule has 4 rings (SSSR count). The molecule has 4 nitrogen and oxygen atoms in total. The SMILES string of the molecule is Fc1ccc(-c2nnc(CN3CCC(c4ccccc4)C3)o2)cc1. The number of rotatable bonds is 4. The van der Waals surface area contributed by atoms with Gasteiger partial charge in [0.25, 0.3) is 0 Å². The monoisotopic (exact) mass is 323 g/mol. The molecule has 0 spiro atoms. The van der Waals surface area contributed by atoms with Gasteiger partial charge in [-0.05, 0) is 48.7 Å². The molecule has 3 aromatic rings. The van der Waals surface area contributed by atoms with E-state index in [1.54, 1.807) is 12.1 Å². The fourth-order valence-corrected chi connectivity index (χ4v) is 3.19. The zero-order valence-corrected chi connectivity index (χ0v) is 13.2.